The molecule has 258 valence electrons. The minimum absolute atomic E-state index is 0.0991. The van der Waals surface area contributed by atoms with E-state index in [0.717, 1.165) is 6.07 Å². The molecule has 6 rings (SSSR count). The van der Waals surface area contributed by atoms with Gasteiger partial charge in [0.15, 0.2) is 0 Å². The Kier molecular flexibility index (Phi) is 10.4. The van der Waals surface area contributed by atoms with Gasteiger partial charge < -0.3 is 65.3 Å². The second-order valence-corrected chi connectivity index (χ2v) is 11.8. The molecule has 15 heteroatoms. The third-order valence-corrected chi connectivity index (χ3v) is 8.52. The second-order valence-electron chi connectivity index (χ2n) is 11.8. The van der Waals surface area contributed by atoms with Gasteiger partial charge in [-0.05, 0) is 47.9 Å². The number of hydrogen-bond acceptors (Lipinski definition) is 14. The lowest BCUT2D eigenvalue weighted by molar-refractivity contribution is -0.277. The first-order valence-electron chi connectivity index (χ1n) is 14.9. The minimum Gasteiger partial charge on any atom is -0.508 e. The quantitative estimate of drug-likeness (QED) is 0.158. The predicted octanol–water partition coefficient (Wildman–Crippen LogP) is -0.872. The molecular formula is C33H36O15. The molecule has 0 radical (unpaired) electrons. The fourth-order valence-corrected chi connectivity index (χ4v) is 6.13. The van der Waals surface area contributed by atoms with Crippen LogP contribution in [0, 0.1) is 6.92 Å². The minimum atomic E-state index is -1.77. The topological polar surface area (TPSA) is 264 Å². The lowest BCUT2D eigenvalue weighted by Gasteiger charge is -2.42. The van der Waals surface area contributed by atoms with E-state index in [1.165, 1.54) is 12.1 Å². The lowest BCUT2D eigenvalue weighted by atomic mass is 9.71. The number of carbonyl (C=O) groups excluding carboxylic acids is 1. The average molecular weight is 673 g/mol. The van der Waals surface area contributed by atoms with Gasteiger partial charge in [0, 0.05) is 12.0 Å². The van der Waals surface area contributed by atoms with Crippen molar-refractivity contribution in [3.63, 3.8) is 0 Å². The Morgan fingerprint density at radius 2 is 1.52 bits per heavy atom. The van der Waals surface area contributed by atoms with Crippen molar-refractivity contribution in [1.82, 2.24) is 0 Å². The zero-order valence-electron chi connectivity index (χ0n) is 25.4. The molecular weight excluding hydrogens is 636 g/mol. The summed E-state index contributed by atoms with van der Waals surface area (Å²) in [5.41, 5.74) is 0.839. The summed E-state index contributed by atoms with van der Waals surface area (Å²) in [5.74, 6) is -3.76. The van der Waals surface area contributed by atoms with Crippen LogP contribution in [0.3, 0.4) is 0 Å². The van der Waals surface area contributed by atoms with E-state index in [0.29, 0.717) is 11.1 Å². The molecule has 0 saturated carbocycles. The summed E-state index contributed by atoms with van der Waals surface area (Å²) in [5, 5.41) is 101. The van der Waals surface area contributed by atoms with Crippen molar-refractivity contribution in [2.24, 2.45) is 0 Å². The van der Waals surface area contributed by atoms with Gasteiger partial charge in [-0.15, -0.1) is 0 Å². The fourth-order valence-electron chi connectivity index (χ4n) is 6.13. The fraction of sp³-hybridized carbons (Fsp3) is 0.394. The summed E-state index contributed by atoms with van der Waals surface area (Å²) < 4.78 is 17.0. The molecule has 48 heavy (non-hydrogen) atoms. The first-order valence-corrected chi connectivity index (χ1v) is 14.9. The Labute approximate surface area is 273 Å². The smallest absolute Gasteiger partial charge is 0.335 e. The van der Waals surface area contributed by atoms with E-state index >= 15 is 0 Å². The molecule has 1 aliphatic carbocycles. The van der Waals surface area contributed by atoms with Crippen LogP contribution in [0.15, 0.2) is 54.6 Å². The maximum Gasteiger partial charge on any atom is 0.335 e. The van der Waals surface area contributed by atoms with Crippen LogP contribution in [-0.2, 0) is 9.47 Å². The van der Waals surface area contributed by atoms with Gasteiger partial charge in [0.2, 0.25) is 12.1 Å². The summed E-state index contributed by atoms with van der Waals surface area (Å²) in [6.07, 6.45) is -13.9. The lowest BCUT2D eigenvalue weighted by Crippen LogP contribution is -2.60. The molecule has 3 aliphatic rings. The molecule has 3 aromatic rings. The number of aryl methyl sites for hydroxylation is 1. The molecule has 3 aromatic carbocycles. The van der Waals surface area contributed by atoms with Crippen molar-refractivity contribution in [2.75, 3.05) is 13.2 Å². The number of aliphatic hydroxyl groups is 7. The summed E-state index contributed by atoms with van der Waals surface area (Å²) >= 11 is 0. The summed E-state index contributed by atoms with van der Waals surface area (Å²) in [4.78, 5) is 24.0. The van der Waals surface area contributed by atoms with E-state index in [1.807, 2.05) is 0 Å². The van der Waals surface area contributed by atoms with Gasteiger partial charge >= 0.3 is 5.97 Å². The number of benzene rings is 3. The molecule has 2 heterocycles. The average Bonchev–Trinajstić information content (AvgIpc) is 3.05. The van der Waals surface area contributed by atoms with Crippen LogP contribution >= 0.6 is 0 Å². The molecule has 15 nitrogen and oxygen atoms in total. The number of aromatic hydroxyl groups is 2. The third kappa shape index (κ3) is 6.60. The molecule has 0 amide bonds. The Morgan fingerprint density at radius 1 is 0.854 bits per heavy atom. The van der Waals surface area contributed by atoms with Gasteiger partial charge in [0.05, 0.1) is 36.0 Å². The van der Waals surface area contributed by atoms with E-state index in [-0.39, 0.29) is 40.4 Å². The SMILES string of the molecule is Cc1cc(OC2OC(CO)C(O)C(O)C2O)c2c(c1)C(C1OCC(O)C(O)C1O)c1cc(O)cc(O)c1C2=O.O=C(O)c1ccccc1. The standard InChI is InChI=1S/C26H30O13.C7H6O2/c1-8-2-10-16(25-23(35)19(31)13(30)7-37-25)11-4-9(28)5-12(29)17(11)21(33)18(10)14(3-8)38-26-24(36)22(34)20(32)15(6-27)39-26;8-7(9)6-4-2-1-3-5-6/h2-5,13,15-16,19-20,22-32,34-36H,6-7H2,1H3;1-5H,(H,8,9). The Morgan fingerprint density at radius 3 is 2.15 bits per heavy atom. The van der Waals surface area contributed by atoms with E-state index in [9.17, 15) is 55.5 Å². The van der Waals surface area contributed by atoms with Crippen molar-refractivity contribution < 1.29 is 74.9 Å². The number of ether oxygens (including phenoxy) is 3. The predicted molar refractivity (Wildman–Crippen MR) is 162 cm³/mol. The van der Waals surface area contributed by atoms with Crippen LogP contribution in [0.4, 0.5) is 0 Å². The first kappa shape index (κ1) is 35.2. The van der Waals surface area contributed by atoms with Crippen LogP contribution in [0.25, 0.3) is 0 Å². The van der Waals surface area contributed by atoms with Crippen molar-refractivity contribution in [3.8, 4) is 17.2 Å². The van der Waals surface area contributed by atoms with Crippen LogP contribution in [0.2, 0.25) is 0 Å². The second kappa shape index (κ2) is 14.1. The summed E-state index contributed by atoms with van der Waals surface area (Å²) in [6.45, 7) is 0.616. The van der Waals surface area contributed by atoms with Crippen molar-refractivity contribution in [1.29, 1.82) is 0 Å². The first-order chi connectivity index (χ1) is 22.7. The van der Waals surface area contributed by atoms with E-state index < -0.39 is 85.1 Å². The van der Waals surface area contributed by atoms with Gasteiger partial charge in [-0.3, -0.25) is 4.79 Å². The maximum atomic E-state index is 13.8. The highest BCUT2D eigenvalue weighted by Crippen LogP contribution is 2.49. The Bertz CT molecular complexity index is 1640. The monoisotopic (exact) mass is 672 g/mol. The van der Waals surface area contributed by atoms with Crippen molar-refractivity contribution in [3.05, 3.63) is 88.0 Å². The van der Waals surface area contributed by atoms with Crippen molar-refractivity contribution in [2.45, 2.75) is 68.0 Å². The number of carboxylic acids is 1. The summed E-state index contributed by atoms with van der Waals surface area (Å²) in [7, 11) is 0. The highest BCUT2D eigenvalue weighted by atomic mass is 16.7. The molecule has 2 fully saturated rings. The van der Waals surface area contributed by atoms with E-state index in [4.69, 9.17) is 19.3 Å². The molecule has 10 N–H and O–H groups in total. The van der Waals surface area contributed by atoms with Crippen LogP contribution in [0.1, 0.15) is 48.9 Å². The number of aliphatic hydroxyl groups excluding tert-OH is 7. The Hall–Kier alpha value is -4.16. The number of carbonyl (C=O) groups is 2. The molecule has 0 spiro atoms. The van der Waals surface area contributed by atoms with E-state index in [1.54, 1.807) is 43.3 Å². The number of rotatable bonds is 5. The number of hydrogen-bond donors (Lipinski definition) is 10. The number of carboxylic acid groups (broad SMARTS) is 1. The van der Waals surface area contributed by atoms with Gasteiger partial charge in [0.25, 0.3) is 0 Å². The highest BCUT2D eigenvalue weighted by molar-refractivity contribution is 6.16. The molecule has 0 aromatic heterocycles. The number of aromatic carboxylic acids is 1. The van der Waals surface area contributed by atoms with E-state index in [2.05, 4.69) is 0 Å². The summed E-state index contributed by atoms with van der Waals surface area (Å²) in [6, 6.07) is 13.5. The largest absolute Gasteiger partial charge is 0.508 e. The Balaban J connectivity index is 0.000000434. The van der Waals surface area contributed by atoms with Gasteiger partial charge in [0.1, 0.15) is 60.0 Å². The zero-order valence-corrected chi connectivity index (χ0v) is 25.4. The van der Waals surface area contributed by atoms with Gasteiger partial charge in [-0.25, -0.2) is 4.79 Å². The van der Waals surface area contributed by atoms with Gasteiger partial charge in [-0.2, -0.15) is 0 Å². The zero-order chi connectivity index (χ0) is 35.0. The van der Waals surface area contributed by atoms with Gasteiger partial charge in [-0.1, -0.05) is 24.3 Å². The number of ketones is 1. The van der Waals surface area contributed by atoms with Crippen LogP contribution in [-0.4, -0.2) is 131 Å². The van der Waals surface area contributed by atoms with Crippen molar-refractivity contribution >= 4 is 11.8 Å². The number of phenols is 2. The molecule has 0 bridgehead atoms. The normalized spacial score (nSPS) is 31.1. The molecule has 2 saturated heterocycles. The molecule has 10 unspecified atom stereocenters. The van der Waals surface area contributed by atoms with Crippen LogP contribution in [0.5, 0.6) is 17.2 Å². The highest BCUT2D eigenvalue weighted by Gasteiger charge is 2.49. The van der Waals surface area contributed by atoms with Crippen LogP contribution < -0.4 is 4.74 Å². The number of phenolic OH excluding ortho intramolecular Hbond substituents is 2. The molecule has 10 atom stereocenters. The third-order valence-electron chi connectivity index (χ3n) is 8.52. The number of fused-ring (bicyclic) bond motifs is 2. The molecule has 2 aliphatic heterocycles. The maximum absolute atomic E-state index is 13.8.